The molecule has 0 saturated carbocycles. The molecule has 1 aromatic heterocycles. The quantitative estimate of drug-likeness (QED) is 0.135. The average molecular weight is 676 g/mol. The van der Waals surface area contributed by atoms with Gasteiger partial charge in [0, 0.05) is 18.8 Å². The molecule has 12 nitrogen and oxygen atoms in total. The molecule has 3 rings (SSSR count). The summed E-state index contributed by atoms with van der Waals surface area (Å²) in [5.74, 6) is -2.10. The van der Waals surface area contributed by atoms with E-state index in [0.29, 0.717) is 16.8 Å². The van der Waals surface area contributed by atoms with Gasteiger partial charge in [-0.25, -0.2) is 9.59 Å². The highest BCUT2D eigenvalue weighted by atomic mass is 31.2. The van der Waals surface area contributed by atoms with Crippen molar-refractivity contribution in [1.82, 2.24) is 9.13 Å². The molecule has 0 aliphatic rings. The number of carbonyl (C=O) groups excluding carboxylic acids is 3. The third kappa shape index (κ3) is 8.85. The van der Waals surface area contributed by atoms with Gasteiger partial charge in [0.05, 0.1) is 28.6 Å². The number of aryl methyl sites for hydroxylation is 1. The van der Waals surface area contributed by atoms with Gasteiger partial charge >= 0.3 is 36.9 Å². The minimum absolute atomic E-state index is 0.121. The van der Waals surface area contributed by atoms with E-state index in [0.717, 1.165) is 12.1 Å². The molecule has 47 heavy (non-hydrogen) atoms. The second-order valence-electron chi connectivity index (χ2n) is 12.7. The number of rotatable bonds is 11. The predicted octanol–water partition coefficient (Wildman–Crippen LogP) is 4.20. The Morgan fingerprint density at radius 3 is 1.98 bits per heavy atom. The number of halogens is 2. The van der Waals surface area contributed by atoms with Gasteiger partial charge < -0.3 is 23.7 Å². The number of nitrogens with zero attached hydrogens (tertiary/aromatic N) is 2. The number of imidazole rings is 1. The van der Waals surface area contributed by atoms with E-state index in [9.17, 15) is 28.6 Å². The third-order valence-corrected chi connectivity index (χ3v) is 8.12. The number of hydrogen-bond donors (Lipinski definition) is 1. The smallest absolute Gasteiger partial charge is 0.404 e. The number of benzene rings is 2. The van der Waals surface area contributed by atoms with Gasteiger partial charge in [-0.3, -0.25) is 23.2 Å². The number of alkyl halides is 2. The molecule has 1 atom stereocenters. The lowest BCUT2D eigenvalue weighted by Gasteiger charge is -2.25. The Kier molecular flexibility index (Phi) is 11.1. The van der Waals surface area contributed by atoms with Crippen LogP contribution in [0.5, 0.6) is 0 Å². The third-order valence-electron chi connectivity index (χ3n) is 6.71. The van der Waals surface area contributed by atoms with Gasteiger partial charge in [-0.15, -0.1) is 0 Å². The van der Waals surface area contributed by atoms with Crippen molar-refractivity contribution < 1.29 is 51.4 Å². The van der Waals surface area contributed by atoms with E-state index in [-0.39, 0.29) is 12.1 Å². The lowest BCUT2D eigenvalue weighted by molar-refractivity contribution is -0.162. The highest BCUT2D eigenvalue weighted by Gasteiger charge is 2.53. The molecule has 252 valence electrons. The van der Waals surface area contributed by atoms with Crippen molar-refractivity contribution in [3.63, 3.8) is 0 Å². The summed E-state index contributed by atoms with van der Waals surface area (Å²) in [5.41, 5.74) is -6.78. The highest BCUT2D eigenvalue weighted by molar-refractivity contribution is 7.53. The first-order valence-electron chi connectivity index (χ1n) is 14.2. The van der Waals surface area contributed by atoms with Crippen molar-refractivity contribution in [3.8, 4) is 11.3 Å². The maximum atomic E-state index is 15.1. The Labute approximate surface area is 271 Å². The Hall–Kier alpha value is -4.07. The number of hydrogen-bond acceptors (Lipinski definition) is 9. The van der Waals surface area contributed by atoms with E-state index in [4.69, 9.17) is 17.3 Å². The Balaban J connectivity index is 1.77. The van der Waals surface area contributed by atoms with Crippen LogP contribution in [0.25, 0.3) is 11.3 Å². The molecule has 0 amide bonds. The average Bonchev–Trinajstić information content (AvgIpc) is 3.24. The van der Waals surface area contributed by atoms with Gasteiger partial charge in [0.25, 0.3) is 0 Å². The zero-order chi connectivity index (χ0) is 35.5. The first kappa shape index (κ1) is 37.4. The summed E-state index contributed by atoms with van der Waals surface area (Å²) < 4.78 is 64.4. The van der Waals surface area contributed by atoms with Crippen molar-refractivity contribution in [1.29, 1.82) is 0 Å². The van der Waals surface area contributed by atoms with Crippen molar-refractivity contribution in [2.24, 2.45) is 17.9 Å². The molecule has 2 radical (unpaired) electrons. The van der Waals surface area contributed by atoms with Gasteiger partial charge in [-0.05, 0) is 64.8 Å². The molecule has 0 bridgehead atoms. The van der Waals surface area contributed by atoms with E-state index < -0.39 is 72.3 Å². The number of ether oxygens (including phenoxy) is 3. The topological polar surface area (TPSA) is 152 Å². The Morgan fingerprint density at radius 1 is 0.894 bits per heavy atom. The first-order chi connectivity index (χ1) is 21.6. The van der Waals surface area contributed by atoms with Crippen LogP contribution in [-0.2, 0) is 52.1 Å². The summed E-state index contributed by atoms with van der Waals surface area (Å²) >= 11 is 0. The number of aromatic nitrogens is 2. The van der Waals surface area contributed by atoms with Gasteiger partial charge in [0.15, 0.2) is 0 Å². The lowest BCUT2D eigenvalue weighted by Crippen LogP contribution is -2.28. The molecule has 16 heteroatoms. The largest absolute Gasteiger partial charge is 0.438 e. The van der Waals surface area contributed by atoms with Gasteiger partial charge in [0.1, 0.15) is 7.85 Å². The molecule has 0 spiro atoms. The normalized spacial score (nSPS) is 13.5. The Morgan fingerprint density at radius 2 is 1.45 bits per heavy atom. The van der Waals surface area contributed by atoms with Gasteiger partial charge in [0.2, 0.25) is 13.6 Å². The molecule has 0 aliphatic carbocycles. The molecule has 2 aromatic carbocycles. The first-order valence-corrected chi connectivity index (χ1v) is 15.8. The minimum atomic E-state index is -5.72. The molecule has 1 heterocycles. The maximum absolute atomic E-state index is 15.1. The predicted molar refractivity (Wildman–Crippen MR) is 167 cm³/mol. The number of esters is 3. The molecule has 0 aliphatic heterocycles. The second-order valence-corrected chi connectivity index (χ2v) is 14.6. The maximum Gasteiger partial charge on any atom is 0.404 e. The fourth-order valence-corrected chi connectivity index (χ4v) is 4.83. The van der Waals surface area contributed by atoms with E-state index in [1.54, 1.807) is 39.1 Å². The van der Waals surface area contributed by atoms with Crippen molar-refractivity contribution in [2.45, 2.75) is 53.8 Å². The summed E-state index contributed by atoms with van der Waals surface area (Å²) in [6.07, 6.45) is 1.54. The molecular weight excluding hydrogens is 640 g/mol. The van der Waals surface area contributed by atoms with Crippen LogP contribution in [0, 0.1) is 10.8 Å². The second kappa shape index (κ2) is 14.0. The summed E-state index contributed by atoms with van der Waals surface area (Å²) in [7, 11) is 1.68. The van der Waals surface area contributed by atoms with Crippen LogP contribution in [0.3, 0.4) is 0 Å². The van der Waals surface area contributed by atoms with Gasteiger partial charge in [-0.1, -0.05) is 35.8 Å². The minimum Gasteiger partial charge on any atom is -0.438 e. The van der Waals surface area contributed by atoms with Crippen molar-refractivity contribution >= 4 is 38.8 Å². The van der Waals surface area contributed by atoms with Crippen LogP contribution in [0.15, 0.2) is 53.5 Å². The molecular formula is C31H36BF2N2O10P. The van der Waals surface area contributed by atoms with Crippen molar-refractivity contribution in [3.05, 3.63) is 75.8 Å². The fraction of sp³-hybridized carbons (Fsp3) is 0.419. The monoisotopic (exact) mass is 676 g/mol. The van der Waals surface area contributed by atoms with Crippen LogP contribution in [0.2, 0.25) is 0 Å². The molecule has 0 fully saturated rings. The lowest BCUT2D eigenvalue weighted by atomic mass is 9.89. The molecule has 1 unspecified atom stereocenters. The van der Waals surface area contributed by atoms with Crippen LogP contribution in [-0.4, -0.2) is 53.4 Å². The highest BCUT2D eigenvalue weighted by Crippen LogP contribution is 2.62. The molecule has 1 N–H and O–H groups in total. The van der Waals surface area contributed by atoms with Crippen LogP contribution in [0.4, 0.5) is 8.78 Å². The zero-order valence-corrected chi connectivity index (χ0v) is 27.9. The van der Waals surface area contributed by atoms with E-state index in [1.807, 2.05) is 0 Å². The summed E-state index contributed by atoms with van der Waals surface area (Å²) in [4.78, 5) is 59.1. The van der Waals surface area contributed by atoms with Crippen LogP contribution in [0.1, 0.15) is 63.0 Å². The zero-order valence-electron chi connectivity index (χ0n) is 27.0. The summed E-state index contributed by atoms with van der Waals surface area (Å²) in [5, 5.41) is 0. The Bertz CT molecular complexity index is 1760. The number of carbonyl (C=O) groups is 3. The standard InChI is InChI=1S/C31H36BF2N2O10P/c1-29(2,3)26(38)44-17-43-25(37)21-11-9-20(10-12-21)24-16-35(7)28(40)36(24)15-19-8-13-22(23(32)14-19)31(33,34)47(41,42)46-18-45-27(39)30(4,5)6/h8-14,16H,15,17-18H2,1-7H3,(H,41,42). The van der Waals surface area contributed by atoms with Crippen LogP contribution < -0.4 is 11.2 Å². The fourth-order valence-electron chi connectivity index (χ4n) is 3.97. The molecule has 0 saturated heterocycles. The van der Waals surface area contributed by atoms with E-state index in [1.165, 1.54) is 55.2 Å². The van der Waals surface area contributed by atoms with E-state index >= 15 is 8.78 Å². The SMILES string of the molecule is [B]c1cc(Cn2c(-c3ccc(C(=O)OCOC(=O)C(C)(C)C)cc3)cn(C)c2=O)ccc1C(F)(F)P(=O)(O)OCOC(=O)C(C)(C)C. The molecule has 3 aromatic rings. The summed E-state index contributed by atoms with van der Waals surface area (Å²) in [6, 6.07) is 9.26. The van der Waals surface area contributed by atoms with E-state index in [2.05, 4.69) is 9.26 Å². The van der Waals surface area contributed by atoms with Gasteiger partial charge in [-0.2, -0.15) is 8.78 Å². The van der Waals surface area contributed by atoms with Crippen molar-refractivity contribution in [2.75, 3.05) is 13.6 Å². The van der Waals surface area contributed by atoms with Crippen LogP contribution >= 0.6 is 7.60 Å². The summed E-state index contributed by atoms with van der Waals surface area (Å²) in [6.45, 7) is 7.63.